The second-order valence-corrected chi connectivity index (χ2v) is 5.81. The van der Waals surface area contributed by atoms with Crippen LogP contribution < -0.4 is 0 Å². The minimum Gasteiger partial charge on any atom is -0.444 e. The number of rotatable bonds is 0. The van der Waals surface area contributed by atoms with Crippen molar-refractivity contribution in [3.05, 3.63) is 0 Å². The predicted octanol–water partition coefficient (Wildman–Crippen LogP) is 0.697. The Morgan fingerprint density at radius 1 is 1.44 bits per heavy atom. The first-order valence-electron chi connectivity index (χ1n) is 5.62. The summed E-state index contributed by atoms with van der Waals surface area (Å²) in [5.41, 5.74) is -1.76. The molecule has 16 heavy (non-hydrogen) atoms. The van der Waals surface area contributed by atoms with Crippen LogP contribution >= 0.6 is 0 Å². The molecule has 0 aromatic rings. The van der Waals surface area contributed by atoms with Gasteiger partial charge in [0.1, 0.15) is 11.3 Å². The fraction of sp³-hybridized carbons (Fsp3) is 0.909. The lowest BCUT2D eigenvalue weighted by molar-refractivity contribution is -0.102. The van der Waals surface area contributed by atoms with Gasteiger partial charge in [0.05, 0.1) is 6.10 Å². The van der Waals surface area contributed by atoms with E-state index < -0.39 is 23.5 Å². The number of ether oxygens (including phenoxy) is 1. The first-order valence-corrected chi connectivity index (χ1v) is 5.62. The van der Waals surface area contributed by atoms with Crippen molar-refractivity contribution < 1.29 is 19.7 Å². The molecule has 5 heteroatoms. The highest BCUT2D eigenvalue weighted by molar-refractivity contribution is 5.69. The van der Waals surface area contributed by atoms with E-state index in [1.165, 1.54) is 4.90 Å². The third-order valence-electron chi connectivity index (χ3n) is 3.20. The summed E-state index contributed by atoms with van der Waals surface area (Å²) in [6.45, 7) is 5.75. The highest BCUT2D eigenvalue weighted by Gasteiger charge is 2.56. The monoisotopic (exact) mass is 229 g/mol. The summed E-state index contributed by atoms with van der Waals surface area (Å²) in [6, 6.07) is 0. The molecule has 2 rings (SSSR count). The van der Waals surface area contributed by atoms with Crippen LogP contribution in [-0.2, 0) is 4.74 Å². The highest BCUT2D eigenvalue weighted by Crippen LogP contribution is 2.45. The van der Waals surface area contributed by atoms with E-state index in [-0.39, 0.29) is 12.3 Å². The maximum absolute atomic E-state index is 11.8. The van der Waals surface area contributed by atoms with E-state index in [4.69, 9.17) is 4.74 Å². The van der Waals surface area contributed by atoms with Gasteiger partial charge in [-0.25, -0.2) is 4.79 Å². The molecular weight excluding hydrogens is 210 g/mol. The van der Waals surface area contributed by atoms with Gasteiger partial charge in [-0.05, 0) is 20.8 Å². The molecule has 1 aliphatic carbocycles. The maximum Gasteiger partial charge on any atom is 0.412 e. The highest BCUT2D eigenvalue weighted by atomic mass is 16.6. The molecule has 0 aromatic heterocycles. The molecule has 0 radical (unpaired) electrons. The number of likely N-dealkylation sites (tertiary alicyclic amines) is 1. The molecular formula is C11H19NO4. The van der Waals surface area contributed by atoms with Crippen molar-refractivity contribution in [1.29, 1.82) is 0 Å². The number of aliphatic hydroxyl groups is 2. The average Bonchev–Trinajstić information content (AvgIpc) is 2.51. The lowest BCUT2D eigenvalue weighted by atomic mass is 10.1. The normalized spacial score (nSPS) is 37.9. The molecule has 2 fully saturated rings. The van der Waals surface area contributed by atoms with Crippen molar-refractivity contribution in [2.75, 3.05) is 6.54 Å². The Labute approximate surface area is 95.0 Å². The third kappa shape index (κ3) is 1.89. The zero-order valence-electron chi connectivity index (χ0n) is 9.93. The minimum absolute atomic E-state index is 0.0162. The molecule has 1 heterocycles. The topological polar surface area (TPSA) is 70.0 Å². The third-order valence-corrected chi connectivity index (χ3v) is 3.20. The molecule has 92 valence electrons. The Morgan fingerprint density at radius 2 is 2.06 bits per heavy atom. The molecule has 2 bridgehead atoms. The summed E-state index contributed by atoms with van der Waals surface area (Å²) in [4.78, 5) is 13.2. The Balaban J connectivity index is 2.06. The van der Waals surface area contributed by atoms with Crippen LogP contribution in [0.4, 0.5) is 4.79 Å². The summed E-state index contributed by atoms with van der Waals surface area (Å²) in [7, 11) is 0. The van der Waals surface area contributed by atoms with Crippen molar-refractivity contribution in [2.24, 2.45) is 5.92 Å². The van der Waals surface area contributed by atoms with Crippen molar-refractivity contribution in [3.63, 3.8) is 0 Å². The quantitative estimate of drug-likeness (QED) is 0.641. The summed E-state index contributed by atoms with van der Waals surface area (Å²) >= 11 is 0. The second-order valence-electron chi connectivity index (χ2n) is 5.81. The minimum atomic E-state index is -1.20. The SMILES string of the molecule is CC(C)(C)OC(=O)N1CC2CC1(O)CC2O. The zero-order valence-corrected chi connectivity index (χ0v) is 9.93. The molecule has 1 aliphatic heterocycles. The lowest BCUT2D eigenvalue weighted by Crippen LogP contribution is -2.52. The number of hydrogen-bond acceptors (Lipinski definition) is 4. The van der Waals surface area contributed by atoms with Crippen LogP contribution in [0.5, 0.6) is 0 Å². The summed E-state index contributed by atoms with van der Waals surface area (Å²) in [5, 5.41) is 19.8. The van der Waals surface area contributed by atoms with Gasteiger partial charge in [-0.15, -0.1) is 0 Å². The lowest BCUT2D eigenvalue weighted by Gasteiger charge is -2.36. The number of amides is 1. The van der Waals surface area contributed by atoms with Gasteiger partial charge in [0.2, 0.25) is 0 Å². The van der Waals surface area contributed by atoms with E-state index in [0.717, 1.165) is 0 Å². The fourth-order valence-electron chi connectivity index (χ4n) is 2.51. The first-order chi connectivity index (χ1) is 7.21. The van der Waals surface area contributed by atoms with Crippen LogP contribution in [0.3, 0.4) is 0 Å². The molecule has 0 aromatic carbocycles. The largest absolute Gasteiger partial charge is 0.444 e. The van der Waals surface area contributed by atoms with Gasteiger partial charge >= 0.3 is 6.09 Å². The van der Waals surface area contributed by atoms with Crippen LogP contribution in [-0.4, -0.2) is 45.2 Å². The van der Waals surface area contributed by atoms with E-state index in [1.807, 2.05) is 0 Å². The standard InChI is InChI=1S/C11H19NO4/c1-10(2,3)16-9(14)12-6-7-4-11(12,15)5-8(7)13/h7-8,13,15H,4-6H2,1-3H3. The van der Waals surface area contributed by atoms with E-state index >= 15 is 0 Å². The molecule has 2 aliphatic rings. The number of carbonyl (C=O) groups is 1. The van der Waals surface area contributed by atoms with E-state index in [2.05, 4.69) is 0 Å². The molecule has 1 saturated carbocycles. The van der Waals surface area contributed by atoms with Crippen molar-refractivity contribution in [3.8, 4) is 0 Å². The van der Waals surface area contributed by atoms with Crippen LogP contribution in [0.2, 0.25) is 0 Å². The number of piperidine rings is 1. The van der Waals surface area contributed by atoms with Gasteiger partial charge in [0.15, 0.2) is 0 Å². The van der Waals surface area contributed by atoms with Gasteiger partial charge in [0, 0.05) is 25.3 Å². The van der Waals surface area contributed by atoms with E-state index in [0.29, 0.717) is 13.0 Å². The molecule has 0 spiro atoms. The summed E-state index contributed by atoms with van der Waals surface area (Å²) < 4.78 is 5.22. The average molecular weight is 229 g/mol. The van der Waals surface area contributed by atoms with Gasteiger partial charge < -0.3 is 14.9 Å². The summed E-state index contributed by atoms with van der Waals surface area (Å²) in [6.07, 6.45) is -0.308. The van der Waals surface area contributed by atoms with E-state index in [9.17, 15) is 15.0 Å². The molecule has 5 nitrogen and oxygen atoms in total. The van der Waals surface area contributed by atoms with Crippen LogP contribution in [0.25, 0.3) is 0 Å². The van der Waals surface area contributed by atoms with Gasteiger partial charge in [-0.1, -0.05) is 0 Å². The van der Waals surface area contributed by atoms with E-state index in [1.54, 1.807) is 20.8 Å². The molecule has 1 amide bonds. The predicted molar refractivity (Wildman–Crippen MR) is 56.6 cm³/mol. The van der Waals surface area contributed by atoms with Crippen LogP contribution in [0.1, 0.15) is 33.6 Å². The number of fused-ring (bicyclic) bond motifs is 2. The van der Waals surface area contributed by atoms with Gasteiger partial charge in [-0.2, -0.15) is 0 Å². The Bertz CT molecular complexity index is 308. The Kier molecular flexibility index (Phi) is 2.44. The number of aliphatic hydroxyl groups excluding tert-OH is 1. The van der Waals surface area contributed by atoms with Crippen molar-refractivity contribution in [2.45, 2.75) is 51.0 Å². The maximum atomic E-state index is 11.8. The first kappa shape index (κ1) is 11.7. The number of carbonyl (C=O) groups excluding carboxylic acids is 1. The zero-order chi connectivity index (χ0) is 12.1. The number of nitrogens with zero attached hydrogens (tertiary/aromatic N) is 1. The smallest absolute Gasteiger partial charge is 0.412 e. The Morgan fingerprint density at radius 3 is 2.44 bits per heavy atom. The molecule has 3 atom stereocenters. The van der Waals surface area contributed by atoms with Crippen molar-refractivity contribution >= 4 is 6.09 Å². The fourth-order valence-corrected chi connectivity index (χ4v) is 2.51. The number of hydrogen-bond donors (Lipinski definition) is 2. The Hall–Kier alpha value is -0.810. The summed E-state index contributed by atoms with van der Waals surface area (Å²) in [5.74, 6) is -0.0162. The van der Waals surface area contributed by atoms with Crippen LogP contribution in [0.15, 0.2) is 0 Å². The molecule has 2 N–H and O–H groups in total. The molecule has 3 unspecified atom stereocenters. The van der Waals surface area contributed by atoms with Crippen LogP contribution in [0, 0.1) is 5.92 Å². The second kappa shape index (κ2) is 3.34. The molecule has 1 saturated heterocycles. The van der Waals surface area contributed by atoms with Crippen molar-refractivity contribution in [1.82, 2.24) is 4.90 Å². The van der Waals surface area contributed by atoms with Gasteiger partial charge in [0.25, 0.3) is 0 Å². The van der Waals surface area contributed by atoms with Gasteiger partial charge in [-0.3, -0.25) is 4.90 Å².